The van der Waals surface area contributed by atoms with E-state index in [2.05, 4.69) is 20.7 Å². The van der Waals surface area contributed by atoms with Crippen molar-refractivity contribution in [3.63, 3.8) is 0 Å². The monoisotopic (exact) mass is 271 g/mol. The maximum absolute atomic E-state index is 12.3. The van der Waals surface area contributed by atoms with Crippen LogP contribution in [0.5, 0.6) is 0 Å². The molecule has 0 aliphatic heterocycles. The van der Waals surface area contributed by atoms with Crippen molar-refractivity contribution in [2.45, 2.75) is 25.8 Å². The average Bonchev–Trinajstić information content (AvgIpc) is 3.15. The normalized spacial score (nSPS) is 14.1. The molecule has 1 aliphatic rings. The number of pyridine rings is 1. The minimum Gasteiger partial charge on any atom is -0.381 e. The molecular formula is C14H17N5O. The van der Waals surface area contributed by atoms with Crippen molar-refractivity contribution < 1.29 is 4.79 Å². The third-order valence-electron chi connectivity index (χ3n) is 3.24. The molecule has 3 rings (SSSR count). The van der Waals surface area contributed by atoms with Crippen LogP contribution in [0.25, 0.3) is 0 Å². The lowest BCUT2D eigenvalue weighted by atomic mass is 10.3. The highest BCUT2D eigenvalue weighted by molar-refractivity contribution is 6.04. The summed E-state index contributed by atoms with van der Waals surface area (Å²) in [7, 11) is 1.76. The molecule has 0 spiro atoms. The Hall–Kier alpha value is -2.37. The molecule has 0 atom stereocenters. The van der Waals surface area contributed by atoms with E-state index in [1.54, 1.807) is 30.2 Å². The van der Waals surface area contributed by atoms with E-state index in [1.807, 2.05) is 13.0 Å². The number of amides is 1. The van der Waals surface area contributed by atoms with Gasteiger partial charge in [0.25, 0.3) is 5.91 Å². The quantitative estimate of drug-likeness (QED) is 0.891. The first kappa shape index (κ1) is 12.7. The number of aromatic nitrogens is 3. The van der Waals surface area contributed by atoms with Crippen molar-refractivity contribution in [3.05, 3.63) is 35.9 Å². The van der Waals surface area contributed by atoms with Crippen molar-refractivity contribution in [2.75, 3.05) is 10.6 Å². The Labute approximate surface area is 117 Å². The number of nitrogens with zero attached hydrogens (tertiary/aromatic N) is 3. The molecule has 0 unspecified atom stereocenters. The van der Waals surface area contributed by atoms with Crippen LogP contribution in [-0.4, -0.2) is 26.7 Å². The van der Waals surface area contributed by atoms with E-state index in [0.29, 0.717) is 17.4 Å². The SMILES string of the molecule is Cc1cc(C(=O)Nc2cnccc2NC2CC2)n(C)n1. The van der Waals surface area contributed by atoms with Gasteiger partial charge in [-0.2, -0.15) is 5.10 Å². The van der Waals surface area contributed by atoms with E-state index < -0.39 is 0 Å². The zero-order chi connectivity index (χ0) is 14.1. The van der Waals surface area contributed by atoms with Gasteiger partial charge in [0.1, 0.15) is 5.69 Å². The van der Waals surface area contributed by atoms with E-state index in [9.17, 15) is 4.79 Å². The summed E-state index contributed by atoms with van der Waals surface area (Å²) in [6.45, 7) is 1.86. The molecule has 1 fully saturated rings. The average molecular weight is 271 g/mol. The van der Waals surface area contributed by atoms with Crippen LogP contribution in [-0.2, 0) is 7.05 Å². The summed E-state index contributed by atoms with van der Waals surface area (Å²) in [5, 5.41) is 10.5. The van der Waals surface area contributed by atoms with Crippen LogP contribution in [0, 0.1) is 6.92 Å². The van der Waals surface area contributed by atoms with E-state index in [0.717, 1.165) is 11.4 Å². The smallest absolute Gasteiger partial charge is 0.274 e. The van der Waals surface area contributed by atoms with Gasteiger partial charge in [-0.25, -0.2) is 0 Å². The number of nitrogens with one attached hydrogen (secondary N) is 2. The van der Waals surface area contributed by atoms with Gasteiger partial charge in [-0.05, 0) is 31.9 Å². The van der Waals surface area contributed by atoms with Gasteiger partial charge in [0, 0.05) is 19.3 Å². The minimum atomic E-state index is -0.181. The second-order valence-electron chi connectivity index (χ2n) is 5.09. The first-order chi connectivity index (χ1) is 9.63. The van der Waals surface area contributed by atoms with E-state index in [4.69, 9.17) is 0 Å². The van der Waals surface area contributed by atoms with Gasteiger partial charge in [-0.1, -0.05) is 0 Å². The molecule has 0 radical (unpaired) electrons. The van der Waals surface area contributed by atoms with Crippen LogP contribution in [0.1, 0.15) is 29.0 Å². The summed E-state index contributed by atoms with van der Waals surface area (Å²) in [6.07, 6.45) is 5.73. The van der Waals surface area contributed by atoms with Crippen LogP contribution < -0.4 is 10.6 Å². The lowest BCUT2D eigenvalue weighted by Gasteiger charge is -2.11. The predicted molar refractivity (Wildman–Crippen MR) is 76.8 cm³/mol. The minimum absolute atomic E-state index is 0.181. The number of hydrogen-bond acceptors (Lipinski definition) is 4. The topological polar surface area (TPSA) is 71.8 Å². The molecule has 2 aromatic rings. The number of rotatable bonds is 4. The predicted octanol–water partition coefficient (Wildman–Crippen LogP) is 1.95. The van der Waals surface area contributed by atoms with Crippen molar-refractivity contribution in [2.24, 2.45) is 7.05 Å². The Balaban J connectivity index is 1.80. The van der Waals surface area contributed by atoms with Gasteiger partial charge in [0.15, 0.2) is 0 Å². The molecule has 2 N–H and O–H groups in total. The fourth-order valence-electron chi connectivity index (χ4n) is 2.08. The molecule has 6 nitrogen and oxygen atoms in total. The fraction of sp³-hybridized carbons (Fsp3) is 0.357. The largest absolute Gasteiger partial charge is 0.381 e. The molecule has 0 bridgehead atoms. The van der Waals surface area contributed by atoms with E-state index >= 15 is 0 Å². The lowest BCUT2D eigenvalue weighted by Crippen LogP contribution is -2.17. The molecule has 0 aromatic carbocycles. The number of aryl methyl sites for hydroxylation is 2. The molecule has 20 heavy (non-hydrogen) atoms. The van der Waals surface area contributed by atoms with Crippen molar-refractivity contribution in [1.29, 1.82) is 0 Å². The molecule has 2 heterocycles. The van der Waals surface area contributed by atoms with Crippen LogP contribution in [0.3, 0.4) is 0 Å². The highest BCUT2D eigenvalue weighted by atomic mass is 16.2. The van der Waals surface area contributed by atoms with Crippen molar-refractivity contribution >= 4 is 17.3 Å². The van der Waals surface area contributed by atoms with E-state index in [1.165, 1.54) is 12.8 Å². The van der Waals surface area contributed by atoms with Gasteiger partial charge < -0.3 is 10.6 Å². The molecular weight excluding hydrogens is 254 g/mol. The highest BCUT2D eigenvalue weighted by Crippen LogP contribution is 2.28. The van der Waals surface area contributed by atoms with Crippen LogP contribution in [0.15, 0.2) is 24.5 Å². The molecule has 1 saturated carbocycles. The van der Waals surface area contributed by atoms with Crippen LogP contribution in [0.2, 0.25) is 0 Å². The Kier molecular flexibility index (Phi) is 3.14. The number of hydrogen-bond donors (Lipinski definition) is 2. The number of carbonyl (C=O) groups is 1. The maximum Gasteiger partial charge on any atom is 0.274 e. The Morgan fingerprint density at radius 3 is 2.85 bits per heavy atom. The van der Waals surface area contributed by atoms with Crippen molar-refractivity contribution in [1.82, 2.24) is 14.8 Å². The second kappa shape index (κ2) is 4.96. The van der Waals surface area contributed by atoms with Gasteiger partial charge >= 0.3 is 0 Å². The van der Waals surface area contributed by atoms with Crippen LogP contribution >= 0.6 is 0 Å². The Bertz CT molecular complexity index is 645. The first-order valence-electron chi connectivity index (χ1n) is 6.66. The molecule has 0 saturated heterocycles. The second-order valence-corrected chi connectivity index (χ2v) is 5.09. The molecule has 1 amide bonds. The Morgan fingerprint density at radius 2 is 2.20 bits per heavy atom. The summed E-state index contributed by atoms with van der Waals surface area (Å²) in [4.78, 5) is 16.3. The molecule has 6 heteroatoms. The summed E-state index contributed by atoms with van der Waals surface area (Å²) in [5.74, 6) is -0.181. The van der Waals surface area contributed by atoms with Gasteiger partial charge in [0.05, 0.1) is 23.3 Å². The number of anilines is 2. The Morgan fingerprint density at radius 1 is 1.40 bits per heavy atom. The van der Waals surface area contributed by atoms with E-state index in [-0.39, 0.29) is 5.91 Å². The zero-order valence-corrected chi connectivity index (χ0v) is 11.6. The number of carbonyl (C=O) groups excluding carboxylic acids is 1. The summed E-state index contributed by atoms with van der Waals surface area (Å²) in [6, 6.07) is 4.16. The fourth-order valence-corrected chi connectivity index (χ4v) is 2.08. The summed E-state index contributed by atoms with van der Waals surface area (Å²) >= 11 is 0. The lowest BCUT2D eigenvalue weighted by molar-refractivity contribution is 0.101. The van der Waals surface area contributed by atoms with Gasteiger partial charge in [-0.3, -0.25) is 14.5 Å². The highest BCUT2D eigenvalue weighted by Gasteiger charge is 2.22. The van der Waals surface area contributed by atoms with Crippen molar-refractivity contribution in [3.8, 4) is 0 Å². The van der Waals surface area contributed by atoms with Gasteiger partial charge in [0.2, 0.25) is 0 Å². The molecule has 1 aliphatic carbocycles. The first-order valence-corrected chi connectivity index (χ1v) is 6.66. The summed E-state index contributed by atoms with van der Waals surface area (Å²) in [5.41, 5.74) is 2.96. The van der Waals surface area contributed by atoms with Gasteiger partial charge in [-0.15, -0.1) is 0 Å². The summed E-state index contributed by atoms with van der Waals surface area (Å²) < 4.78 is 1.58. The molecule has 104 valence electrons. The van der Waals surface area contributed by atoms with Crippen LogP contribution in [0.4, 0.5) is 11.4 Å². The standard InChI is InChI=1S/C14H17N5O/c1-9-7-13(19(2)18-9)14(20)17-12-8-15-6-5-11(12)16-10-3-4-10/h5-8,10H,3-4H2,1-2H3,(H,15,16)(H,17,20). The zero-order valence-electron chi connectivity index (χ0n) is 11.6. The third kappa shape index (κ3) is 2.64. The third-order valence-corrected chi connectivity index (χ3v) is 3.24. The maximum atomic E-state index is 12.3. The molecule has 2 aromatic heterocycles.